The molecule has 2 amide bonds. The SMILES string of the molecule is CC(=O)N1c2ccccc2C[C@H]1C(=O)NCc1cccc(OC2CCCCC2)c1. The zero-order valence-corrected chi connectivity index (χ0v) is 16.9. The van der Waals surface area contributed by atoms with Gasteiger partial charge in [-0.1, -0.05) is 36.8 Å². The zero-order valence-electron chi connectivity index (χ0n) is 16.9. The third-order valence-corrected chi connectivity index (χ3v) is 5.84. The first-order valence-electron chi connectivity index (χ1n) is 10.5. The van der Waals surface area contributed by atoms with Crippen molar-refractivity contribution in [3.05, 3.63) is 59.7 Å². The van der Waals surface area contributed by atoms with Crippen LogP contribution in [-0.2, 0) is 22.6 Å². The quantitative estimate of drug-likeness (QED) is 0.837. The number of hydrogen-bond acceptors (Lipinski definition) is 3. The maximum absolute atomic E-state index is 12.9. The van der Waals surface area contributed by atoms with Gasteiger partial charge in [0.2, 0.25) is 11.8 Å². The molecule has 2 aromatic rings. The number of ether oxygens (including phenoxy) is 1. The van der Waals surface area contributed by atoms with Gasteiger partial charge in [0.15, 0.2) is 0 Å². The number of carbonyl (C=O) groups excluding carboxylic acids is 2. The zero-order chi connectivity index (χ0) is 20.2. The van der Waals surface area contributed by atoms with Crippen molar-refractivity contribution in [1.29, 1.82) is 0 Å². The number of benzene rings is 2. The second-order valence-corrected chi connectivity index (χ2v) is 7.98. The molecule has 2 aromatic carbocycles. The van der Waals surface area contributed by atoms with Gasteiger partial charge < -0.3 is 10.1 Å². The Morgan fingerprint density at radius 3 is 2.66 bits per heavy atom. The van der Waals surface area contributed by atoms with Crippen LogP contribution in [-0.4, -0.2) is 24.0 Å². The molecule has 0 spiro atoms. The molecule has 4 rings (SSSR count). The largest absolute Gasteiger partial charge is 0.490 e. The van der Waals surface area contributed by atoms with Crippen LogP contribution in [0, 0.1) is 0 Å². The number of anilines is 1. The van der Waals surface area contributed by atoms with Crippen molar-refractivity contribution < 1.29 is 14.3 Å². The van der Waals surface area contributed by atoms with E-state index in [4.69, 9.17) is 4.74 Å². The molecule has 1 saturated carbocycles. The second-order valence-electron chi connectivity index (χ2n) is 7.98. The third kappa shape index (κ3) is 4.44. The summed E-state index contributed by atoms with van der Waals surface area (Å²) in [4.78, 5) is 26.6. The molecule has 5 heteroatoms. The molecule has 152 valence electrons. The number of para-hydroxylation sites is 1. The molecular formula is C24H28N2O3. The Labute approximate surface area is 172 Å². The van der Waals surface area contributed by atoms with Crippen LogP contribution in [0.4, 0.5) is 5.69 Å². The van der Waals surface area contributed by atoms with E-state index in [0.29, 0.717) is 19.1 Å². The van der Waals surface area contributed by atoms with E-state index in [1.54, 1.807) is 4.90 Å². The highest BCUT2D eigenvalue weighted by atomic mass is 16.5. The van der Waals surface area contributed by atoms with Crippen LogP contribution in [0.15, 0.2) is 48.5 Å². The smallest absolute Gasteiger partial charge is 0.243 e. The van der Waals surface area contributed by atoms with Gasteiger partial charge in [0.1, 0.15) is 11.8 Å². The fourth-order valence-electron chi connectivity index (χ4n) is 4.40. The van der Waals surface area contributed by atoms with Gasteiger partial charge in [0.05, 0.1) is 6.10 Å². The molecule has 5 nitrogen and oxygen atoms in total. The maximum Gasteiger partial charge on any atom is 0.243 e. The lowest BCUT2D eigenvalue weighted by Gasteiger charge is -2.24. The first-order chi connectivity index (χ1) is 14.1. The van der Waals surface area contributed by atoms with Gasteiger partial charge in [-0.15, -0.1) is 0 Å². The summed E-state index contributed by atoms with van der Waals surface area (Å²) in [6.07, 6.45) is 6.84. The summed E-state index contributed by atoms with van der Waals surface area (Å²) < 4.78 is 6.13. The van der Waals surface area contributed by atoms with Crippen LogP contribution in [0.1, 0.15) is 50.2 Å². The molecule has 0 saturated heterocycles. The average molecular weight is 392 g/mol. The van der Waals surface area contributed by atoms with Crippen LogP contribution < -0.4 is 15.0 Å². The molecular weight excluding hydrogens is 364 g/mol. The Hall–Kier alpha value is -2.82. The minimum absolute atomic E-state index is 0.113. The van der Waals surface area contributed by atoms with E-state index < -0.39 is 6.04 Å². The van der Waals surface area contributed by atoms with Crippen LogP contribution in [0.25, 0.3) is 0 Å². The van der Waals surface area contributed by atoms with Crippen molar-refractivity contribution >= 4 is 17.5 Å². The molecule has 1 N–H and O–H groups in total. The van der Waals surface area contributed by atoms with Crippen molar-refractivity contribution in [1.82, 2.24) is 5.32 Å². The summed E-state index contributed by atoms with van der Waals surface area (Å²) in [6, 6.07) is 15.1. The van der Waals surface area contributed by atoms with Gasteiger partial charge in [0, 0.05) is 25.6 Å². The fourth-order valence-corrected chi connectivity index (χ4v) is 4.40. The van der Waals surface area contributed by atoms with Crippen molar-refractivity contribution in [3.8, 4) is 5.75 Å². The van der Waals surface area contributed by atoms with E-state index >= 15 is 0 Å². The molecule has 0 aromatic heterocycles. The molecule has 29 heavy (non-hydrogen) atoms. The van der Waals surface area contributed by atoms with Gasteiger partial charge in [-0.05, 0) is 55.0 Å². The Kier molecular flexibility index (Phi) is 5.84. The topological polar surface area (TPSA) is 58.6 Å². The van der Waals surface area contributed by atoms with E-state index in [2.05, 4.69) is 5.32 Å². The van der Waals surface area contributed by atoms with Gasteiger partial charge in [-0.25, -0.2) is 0 Å². The van der Waals surface area contributed by atoms with E-state index in [0.717, 1.165) is 35.4 Å². The Balaban J connectivity index is 1.38. The van der Waals surface area contributed by atoms with E-state index in [1.807, 2.05) is 48.5 Å². The predicted molar refractivity (Wildman–Crippen MR) is 113 cm³/mol. The summed E-state index contributed by atoms with van der Waals surface area (Å²) in [5.74, 6) is 0.621. The summed E-state index contributed by atoms with van der Waals surface area (Å²) in [5, 5.41) is 3.00. The van der Waals surface area contributed by atoms with Crippen molar-refractivity contribution in [3.63, 3.8) is 0 Å². The molecule has 1 atom stereocenters. The standard InChI is InChI=1S/C24H28N2O3/c1-17(27)26-22-13-6-5-9-19(22)15-23(26)24(28)25-16-18-8-7-12-21(14-18)29-20-10-3-2-4-11-20/h5-9,12-14,20,23H,2-4,10-11,15-16H2,1H3,(H,25,28)/t23-/m0/s1. The van der Waals surface area contributed by atoms with Crippen LogP contribution in [0.2, 0.25) is 0 Å². The Morgan fingerprint density at radius 2 is 1.86 bits per heavy atom. The monoisotopic (exact) mass is 392 g/mol. The molecule has 1 aliphatic heterocycles. The van der Waals surface area contributed by atoms with E-state index in [9.17, 15) is 9.59 Å². The molecule has 1 heterocycles. The lowest BCUT2D eigenvalue weighted by atomic mass is 9.98. The highest BCUT2D eigenvalue weighted by Crippen LogP contribution is 2.32. The average Bonchev–Trinajstić information content (AvgIpc) is 3.13. The highest BCUT2D eigenvalue weighted by molar-refractivity contribution is 6.02. The Bertz CT molecular complexity index is 889. The molecule has 0 bridgehead atoms. The number of nitrogens with zero attached hydrogens (tertiary/aromatic N) is 1. The van der Waals surface area contributed by atoms with Crippen molar-refractivity contribution in [2.75, 3.05) is 4.90 Å². The van der Waals surface area contributed by atoms with Gasteiger partial charge in [0.25, 0.3) is 0 Å². The summed E-state index contributed by atoms with van der Waals surface area (Å²) in [7, 11) is 0. The molecule has 0 unspecified atom stereocenters. The Morgan fingerprint density at radius 1 is 1.07 bits per heavy atom. The van der Waals surface area contributed by atoms with Crippen LogP contribution >= 0.6 is 0 Å². The van der Waals surface area contributed by atoms with E-state index in [-0.39, 0.29) is 11.8 Å². The first kappa shape index (κ1) is 19.5. The summed E-state index contributed by atoms with van der Waals surface area (Å²) in [6.45, 7) is 1.92. The lowest BCUT2D eigenvalue weighted by molar-refractivity contribution is -0.125. The number of fused-ring (bicyclic) bond motifs is 1. The second kappa shape index (κ2) is 8.68. The fraction of sp³-hybridized carbons (Fsp3) is 0.417. The van der Waals surface area contributed by atoms with Crippen LogP contribution in [0.3, 0.4) is 0 Å². The first-order valence-corrected chi connectivity index (χ1v) is 10.5. The molecule has 1 fully saturated rings. The highest BCUT2D eigenvalue weighted by Gasteiger charge is 2.36. The summed E-state index contributed by atoms with van der Waals surface area (Å²) in [5.41, 5.74) is 2.87. The molecule has 2 aliphatic rings. The number of carbonyl (C=O) groups is 2. The number of nitrogens with one attached hydrogen (secondary N) is 1. The number of hydrogen-bond donors (Lipinski definition) is 1. The van der Waals surface area contributed by atoms with Crippen molar-refractivity contribution in [2.24, 2.45) is 0 Å². The summed E-state index contributed by atoms with van der Waals surface area (Å²) >= 11 is 0. The van der Waals surface area contributed by atoms with Gasteiger partial charge >= 0.3 is 0 Å². The molecule has 0 radical (unpaired) electrons. The maximum atomic E-state index is 12.9. The minimum Gasteiger partial charge on any atom is -0.490 e. The lowest BCUT2D eigenvalue weighted by Crippen LogP contribution is -2.47. The molecule has 1 aliphatic carbocycles. The van der Waals surface area contributed by atoms with Gasteiger partial charge in [-0.3, -0.25) is 14.5 Å². The van der Waals surface area contributed by atoms with Crippen molar-refractivity contribution in [2.45, 2.75) is 64.1 Å². The van der Waals surface area contributed by atoms with Crippen LogP contribution in [0.5, 0.6) is 5.75 Å². The number of amides is 2. The van der Waals surface area contributed by atoms with Gasteiger partial charge in [-0.2, -0.15) is 0 Å². The minimum atomic E-state index is -0.494. The predicted octanol–water partition coefficient (Wildman–Crippen LogP) is 3.99. The normalized spacial score (nSPS) is 18.9. The van der Waals surface area contributed by atoms with E-state index in [1.165, 1.54) is 26.2 Å². The third-order valence-electron chi connectivity index (χ3n) is 5.84. The number of rotatable bonds is 5.